The number of ether oxygens (including phenoxy) is 1. The van der Waals surface area contributed by atoms with Crippen molar-refractivity contribution in [3.63, 3.8) is 0 Å². The predicted octanol–water partition coefficient (Wildman–Crippen LogP) is 3.36. The molecule has 0 bridgehead atoms. The van der Waals surface area contributed by atoms with Crippen LogP contribution in [0.5, 0.6) is 0 Å². The Bertz CT molecular complexity index is 386. The monoisotopic (exact) mass is 235 g/mol. The molecule has 0 saturated heterocycles. The van der Waals surface area contributed by atoms with E-state index in [1.54, 1.807) is 0 Å². The minimum absolute atomic E-state index is 0.670. The molecule has 1 rings (SSSR count). The molecular formula is C14H21NO2. The van der Waals surface area contributed by atoms with Gasteiger partial charge in [0, 0.05) is 0 Å². The quantitative estimate of drug-likeness (QED) is 0.850. The Morgan fingerprint density at radius 3 is 2.59 bits per heavy atom. The fraction of sp³-hybridized carbons (Fsp3) is 0.500. The minimum atomic E-state index is -0.736. The third-order valence-corrected chi connectivity index (χ3v) is 2.82. The van der Waals surface area contributed by atoms with Crippen molar-refractivity contribution in [3.05, 3.63) is 35.4 Å². The largest absolute Gasteiger partial charge is 0.439 e. The summed E-state index contributed by atoms with van der Waals surface area (Å²) in [6, 6.07) is 8.04. The molecule has 0 fully saturated rings. The molecule has 17 heavy (non-hydrogen) atoms. The molecule has 0 unspecified atom stereocenters. The normalized spacial score (nSPS) is 11.2. The molecule has 3 heteroatoms. The second-order valence-corrected chi connectivity index (χ2v) is 4.69. The molecule has 0 spiro atoms. The van der Waals surface area contributed by atoms with Gasteiger partial charge in [0.1, 0.15) is 5.60 Å². The predicted molar refractivity (Wildman–Crippen MR) is 68.7 cm³/mol. The molecule has 94 valence electrons. The van der Waals surface area contributed by atoms with Crippen molar-refractivity contribution in [3.8, 4) is 0 Å². The maximum atomic E-state index is 10.9. The van der Waals surface area contributed by atoms with Gasteiger partial charge in [-0.1, -0.05) is 37.6 Å². The van der Waals surface area contributed by atoms with Crippen molar-refractivity contribution in [2.75, 3.05) is 0 Å². The molecule has 2 N–H and O–H groups in total. The maximum absolute atomic E-state index is 10.9. The summed E-state index contributed by atoms with van der Waals surface area (Å²) in [7, 11) is 0. The highest BCUT2D eigenvalue weighted by atomic mass is 16.6. The zero-order valence-corrected chi connectivity index (χ0v) is 10.8. The highest BCUT2D eigenvalue weighted by Gasteiger charge is 2.26. The summed E-state index contributed by atoms with van der Waals surface area (Å²) in [6.45, 7) is 5.89. The first-order valence-electron chi connectivity index (χ1n) is 6.04. The lowest BCUT2D eigenvalue weighted by Gasteiger charge is -2.27. The summed E-state index contributed by atoms with van der Waals surface area (Å²) < 4.78 is 5.18. The van der Waals surface area contributed by atoms with Gasteiger partial charge in [-0.25, -0.2) is 4.79 Å². The number of primary amides is 1. The van der Waals surface area contributed by atoms with Crippen molar-refractivity contribution in [2.24, 2.45) is 5.73 Å². The van der Waals surface area contributed by atoms with Crippen LogP contribution in [0.3, 0.4) is 0 Å². The first-order valence-corrected chi connectivity index (χ1v) is 6.04. The van der Waals surface area contributed by atoms with Crippen LogP contribution in [0, 0.1) is 0 Å². The molecule has 0 aliphatic rings. The van der Waals surface area contributed by atoms with Gasteiger partial charge in [0.15, 0.2) is 0 Å². The molecule has 0 atom stereocenters. The summed E-state index contributed by atoms with van der Waals surface area (Å²) in [6.07, 6.45) is 2.54. The minimum Gasteiger partial charge on any atom is -0.439 e. The number of aryl methyl sites for hydroxylation is 1. The SMILES string of the molecule is CCCCc1ccccc1C(C)(C)OC(N)=O. The van der Waals surface area contributed by atoms with E-state index in [-0.39, 0.29) is 0 Å². The van der Waals surface area contributed by atoms with Gasteiger partial charge in [-0.3, -0.25) is 0 Å². The van der Waals surface area contributed by atoms with Crippen LogP contribution in [-0.4, -0.2) is 6.09 Å². The van der Waals surface area contributed by atoms with Crippen LogP contribution >= 0.6 is 0 Å². The van der Waals surface area contributed by atoms with Crippen LogP contribution in [0.2, 0.25) is 0 Å². The summed E-state index contributed by atoms with van der Waals surface area (Å²) in [5, 5.41) is 0. The maximum Gasteiger partial charge on any atom is 0.405 e. The van der Waals surface area contributed by atoms with Crippen LogP contribution in [0.1, 0.15) is 44.7 Å². The zero-order chi connectivity index (χ0) is 12.9. The van der Waals surface area contributed by atoms with Crippen LogP contribution in [0.15, 0.2) is 24.3 Å². The van der Waals surface area contributed by atoms with E-state index in [9.17, 15) is 4.79 Å². The van der Waals surface area contributed by atoms with E-state index < -0.39 is 11.7 Å². The Hall–Kier alpha value is -1.51. The average molecular weight is 235 g/mol. The Balaban J connectivity index is 2.98. The van der Waals surface area contributed by atoms with Gasteiger partial charge < -0.3 is 10.5 Å². The number of unbranched alkanes of at least 4 members (excludes halogenated alkanes) is 1. The van der Waals surface area contributed by atoms with Crippen molar-refractivity contribution >= 4 is 6.09 Å². The Kier molecular flexibility index (Phi) is 4.55. The summed E-state index contributed by atoms with van der Waals surface area (Å²) in [5.41, 5.74) is 6.69. The van der Waals surface area contributed by atoms with E-state index in [0.717, 1.165) is 24.8 Å². The van der Waals surface area contributed by atoms with Crippen LogP contribution in [-0.2, 0) is 16.8 Å². The smallest absolute Gasteiger partial charge is 0.405 e. The standard InChI is InChI=1S/C14H21NO2/c1-4-5-8-11-9-6-7-10-12(11)14(2,3)17-13(15)16/h6-7,9-10H,4-5,8H2,1-3H3,(H2,15,16). The van der Waals surface area contributed by atoms with Crippen molar-refractivity contribution in [1.29, 1.82) is 0 Å². The molecule has 1 amide bonds. The number of carbonyl (C=O) groups excluding carboxylic acids is 1. The van der Waals surface area contributed by atoms with Crippen molar-refractivity contribution in [1.82, 2.24) is 0 Å². The molecule has 1 aromatic rings. The number of hydrogen-bond acceptors (Lipinski definition) is 2. The number of hydrogen-bond donors (Lipinski definition) is 1. The Morgan fingerprint density at radius 2 is 2.00 bits per heavy atom. The van der Waals surface area contributed by atoms with Crippen LogP contribution in [0.4, 0.5) is 4.79 Å². The molecule has 3 nitrogen and oxygen atoms in total. The summed E-state index contributed by atoms with van der Waals surface area (Å²) >= 11 is 0. The second-order valence-electron chi connectivity index (χ2n) is 4.69. The molecular weight excluding hydrogens is 214 g/mol. The van der Waals surface area contributed by atoms with Gasteiger partial charge in [0.25, 0.3) is 0 Å². The topological polar surface area (TPSA) is 52.3 Å². The van der Waals surface area contributed by atoms with E-state index in [4.69, 9.17) is 10.5 Å². The van der Waals surface area contributed by atoms with E-state index >= 15 is 0 Å². The number of benzene rings is 1. The molecule has 0 saturated carbocycles. The average Bonchev–Trinajstić information content (AvgIpc) is 2.25. The number of amides is 1. The number of carbonyl (C=O) groups is 1. The molecule has 0 radical (unpaired) electrons. The van der Waals surface area contributed by atoms with Gasteiger partial charge in [-0.2, -0.15) is 0 Å². The number of nitrogens with two attached hydrogens (primary N) is 1. The highest BCUT2D eigenvalue weighted by Crippen LogP contribution is 2.28. The molecule has 0 aliphatic heterocycles. The van der Waals surface area contributed by atoms with E-state index in [2.05, 4.69) is 13.0 Å². The van der Waals surface area contributed by atoms with Crippen LogP contribution < -0.4 is 5.73 Å². The van der Waals surface area contributed by atoms with E-state index in [1.807, 2.05) is 32.0 Å². The van der Waals surface area contributed by atoms with E-state index in [1.165, 1.54) is 5.56 Å². The van der Waals surface area contributed by atoms with Gasteiger partial charge in [0.2, 0.25) is 0 Å². The fourth-order valence-electron chi connectivity index (χ4n) is 2.00. The molecule has 0 aromatic heterocycles. The lowest BCUT2D eigenvalue weighted by atomic mass is 9.90. The summed E-state index contributed by atoms with van der Waals surface area (Å²) in [4.78, 5) is 10.9. The van der Waals surface area contributed by atoms with Crippen LogP contribution in [0.25, 0.3) is 0 Å². The lowest BCUT2D eigenvalue weighted by Crippen LogP contribution is -2.29. The van der Waals surface area contributed by atoms with Crippen molar-refractivity contribution < 1.29 is 9.53 Å². The third kappa shape index (κ3) is 3.77. The van der Waals surface area contributed by atoms with Gasteiger partial charge in [0.05, 0.1) is 0 Å². The van der Waals surface area contributed by atoms with E-state index in [0.29, 0.717) is 0 Å². The Labute approximate surface area is 103 Å². The first kappa shape index (κ1) is 13.6. The van der Waals surface area contributed by atoms with Crippen molar-refractivity contribution in [2.45, 2.75) is 45.6 Å². The second kappa shape index (κ2) is 5.71. The van der Waals surface area contributed by atoms with Gasteiger partial charge in [-0.05, 0) is 37.8 Å². The summed E-state index contributed by atoms with van der Waals surface area (Å²) in [5.74, 6) is 0. The van der Waals surface area contributed by atoms with Gasteiger partial charge in [-0.15, -0.1) is 0 Å². The lowest BCUT2D eigenvalue weighted by molar-refractivity contribution is 0.0426. The fourth-order valence-corrected chi connectivity index (χ4v) is 2.00. The Morgan fingerprint density at radius 1 is 1.35 bits per heavy atom. The first-order chi connectivity index (χ1) is 7.97. The molecule has 0 aliphatic carbocycles. The zero-order valence-electron chi connectivity index (χ0n) is 10.8. The van der Waals surface area contributed by atoms with Gasteiger partial charge >= 0.3 is 6.09 Å². The number of rotatable bonds is 5. The highest BCUT2D eigenvalue weighted by molar-refractivity contribution is 5.65. The third-order valence-electron chi connectivity index (χ3n) is 2.82. The molecule has 0 heterocycles. The molecule has 1 aromatic carbocycles.